The highest BCUT2D eigenvalue weighted by Gasteiger charge is 2.28. The Balaban J connectivity index is 1.90. The molecule has 0 spiro atoms. The number of allylic oxidation sites excluding steroid dienone is 1. The van der Waals surface area contributed by atoms with Gasteiger partial charge in [0, 0.05) is 6.20 Å². The molecule has 3 atom stereocenters. The number of hydroxylamine groups is 1. The second-order valence-electron chi connectivity index (χ2n) is 6.02. The minimum Gasteiger partial charge on any atom is -0.491 e. The van der Waals surface area contributed by atoms with Crippen molar-refractivity contribution in [3.05, 3.63) is 36.5 Å². The molecule has 0 amide bonds. The van der Waals surface area contributed by atoms with E-state index in [1.165, 1.54) is 12.8 Å². The van der Waals surface area contributed by atoms with Crippen LogP contribution in [0.25, 0.3) is 0 Å². The molecular formula is C19H29NO3. The minimum atomic E-state index is 0.0796. The van der Waals surface area contributed by atoms with Crippen LogP contribution < -0.4 is 15.0 Å². The molecule has 1 aliphatic carbocycles. The average Bonchev–Trinajstić information content (AvgIpc) is 2.58. The fraction of sp³-hybridized carbons (Fsp3) is 0.579. The van der Waals surface area contributed by atoms with E-state index >= 15 is 0 Å². The van der Waals surface area contributed by atoms with Gasteiger partial charge in [-0.05, 0) is 63.8 Å². The molecule has 1 aromatic carbocycles. The predicted octanol–water partition coefficient (Wildman–Crippen LogP) is 4.61. The fourth-order valence-corrected chi connectivity index (χ4v) is 2.61. The lowest BCUT2D eigenvalue weighted by atomic mass is 9.94. The van der Waals surface area contributed by atoms with Crippen molar-refractivity contribution < 1.29 is 14.3 Å². The van der Waals surface area contributed by atoms with Gasteiger partial charge in [0.2, 0.25) is 0 Å². The first-order valence-electron chi connectivity index (χ1n) is 8.68. The summed E-state index contributed by atoms with van der Waals surface area (Å²) < 4.78 is 11.9. The lowest BCUT2D eigenvalue weighted by Crippen LogP contribution is -2.39. The maximum atomic E-state index is 6.14. The van der Waals surface area contributed by atoms with Gasteiger partial charge in [-0.1, -0.05) is 19.4 Å². The van der Waals surface area contributed by atoms with E-state index in [4.69, 9.17) is 14.3 Å². The van der Waals surface area contributed by atoms with Crippen LogP contribution in [0.1, 0.15) is 52.9 Å². The molecule has 0 heterocycles. The van der Waals surface area contributed by atoms with Crippen LogP contribution in [-0.2, 0) is 4.84 Å². The molecule has 0 bridgehead atoms. The van der Waals surface area contributed by atoms with E-state index in [-0.39, 0.29) is 18.3 Å². The van der Waals surface area contributed by atoms with Crippen molar-refractivity contribution in [1.29, 1.82) is 0 Å². The van der Waals surface area contributed by atoms with Gasteiger partial charge in [0.1, 0.15) is 23.7 Å². The Morgan fingerprint density at radius 2 is 1.78 bits per heavy atom. The summed E-state index contributed by atoms with van der Waals surface area (Å²) in [4.78, 5) is 5.71. The van der Waals surface area contributed by atoms with Crippen LogP contribution in [0.3, 0.4) is 0 Å². The van der Waals surface area contributed by atoms with Gasteiger partial charge in [-0.2, -0.15) is 0 Å². The molecule has 128 valence electrons. The highest BCUT2D eigenvalue weighted by atomic mass is 16.7. The highest BCUT2D eigenvalue weighted by Crippen LogP contribution is 2.27. The highest BCUT2D eigenvalue weighted by molar-refractivity contribution is 5.31. The lowest BCUT2D eigenvalue weighted by molar-refractivity contribution is -0.0807. The monoisotopic (exact) mass is 319 g/mol. The summed E-state index contributed by atoms with van der Waals surface area (Å²) in [6.45, 7) is 6.15. The fourth-order valence-electron chi connectivity index (χ4n) is 2.61. The third-order valence-corrected chi connectivity index (χ3v) is 4.12. The smallest absolute Gasteiger partial charge is 0.127 e. The Hall–Kier alpha value is -1.68. The molecule has 1 aliphatic rings. The number of rotatable bonds is 8. The second kappa shape index (κ2) is 9.46. The van der Waals surface area contributed by atoms with Crippen LogP contribution in [-0.4, -0.2) is 18.3 Å². The van der Waals surface area contributed by atoms with E-state index in [0.717, 1.165) is 30.8 Å². The molecular weight excluding hydrogens is 290 g/mol. The maximum absolute atomic E-state index is 6.14. The van der Waals surface area contributed by atoms with Crippen molar-refractivity contribution in [2.75, 3.05) is 0 Å². The normalized spacial score (nSPS) is 22.7. The summed E-state index contributed by atoms with van der Waals surface area (Å²) in [6.07, 6.45) is 9.51. The summed E-state index contributed by atoms with van der Waals surface area (Å²) in [6, 6.07) is 7.89. The molecule has 1 fully saturated rings. The molecule has 2 rings (SSSR count). The number of hydrogen-bond acceptors (Lipinski definition) is 4. The van der Waals surface area contributed by atoms with E-state index in [1.807, 2.05) is 37.3 Å². The van der Waals surface area contributed by atoms with Crippen molar-refractivity contribution in [2.24, 2.45) is 0 Å². The van der Waals surface area contributed by atoms with Crippen LogP contribution in [0.2, 0.25) is 0 Å². The average molecular weight is 319 g/mol. The summed E-state index contributed by atoms with van der Waals surface area (Å²) in [7, 11) is 0. The Kier molecular flexibility index (Phi) is 7.27. The zero-order chi connectivity index (χ0) is 16.5. The molecule has 0 saturated heterocycles. The third kappa shape index (κ3) is 5.79. The van der Waals surface area contributed by atoms with E-state index in [0.29, 0.717) is 0 Å². The molecule has 1 saturated carbocycles. The molecule has 4 nitrogen and oxygen atoms in total. The van der Waals surface area contributed by atoms with E-state index in [9.17, 15) is 0 Å². The number of hydrogen-bond donors (Lipinski definition) is 1. The van der Waals surface area contributed by atoms with Gasteiger partial charge in [0.25, 0.3) is 0 Å². The van der Waals surface area contributed by atoms with Crippen molar-refractivity contribution in [2.45, 2.75) is 71.2 Å². The molecule has 0 aromatic heterocycles. The topological polar surface area (TPSA) is 39.7 Å². The molecule has 0 radical (unpaired) electrons. The van der Waals surface area contributed by atoms with Crippen LogP contribution in [0, 0.1) is 0 Å². The first-order valence-corrected chi connectivity index (χ1v) is 8.68. The van der Waals surface area contributed by atoms with E-state index in [1.54, 1.807) is 6.20 Å². The van der Waals surface area contributed by atoms with Crippen molar-refractivity contribution in [3.8, 4) is 11.5 Å². The molecule has 3 unspecified atom stereocenters. The summed E-state index contributed by atoms with van der Waals surface area (Å²) in [5.74, 6) is 1.76. The van der Waals surface area contributed by atoms with E-state index in [2.05, 4.69) is 19.3 Å². The van der Waals surface area contributed by atoms with Crippen LogP contribution in [0.15, 0.2) is 36.5 Å². The van der Waals surface area contributed by atoms with Crippen molar-refractivity contribution in [1.82, 2.24) is 5.48 Å². The Bertz CT molecular complexity index is 472. The Labute approximate surface area is 139 Å². The minimum absolute atomic E-state index is 0.0796. The van der Waals surface area contributed by atoms with Gasteiger partial charge in [-0.15, -0.1) is 0 Å². The van der Waals surface area contributed by atoms with Gasteiger partial charge in [-0.25, -0.2) is 0 Å². The predicted molar refractivity (Wildman–Crippen MR) is 92.5 cm³/mol. The van der Waals surface area contributed by atoms with Gasteiger partial charge in [-0.3, -0.25) is 10.3 Å². The van der Waals surface area contributed by atoms with Gasteiger partial charge in [0.05, 0.1) is 6.10 Å². The molecule has 1 N–H and O–H groups in total. The zero-order valence-electron chi connectivity index (χ0n) is 14.5. The first-order chi connectivity index (χ1) is 11.2. The van der Waals surface area contributed by atoms with Crippen molar-refractivity contribution >= 4 is 0 Å². The maximum Gasteiger partial charge on any atom is 0.127 e. The molecule has 0 aliphatic heterocycles. The third-order valence-electron chi connectivity index (χ3n) is 4.12. The number of benzene rings is 1. The summed E-state index contributed by atoms with van der Waals surface area (Å²) in [5, 5.41) is 0. The SMILES string of the molecule is CC=CNOC1CCCCC1Oc1ccc(OC(C)CC)cc1. The first kappa shape index (κ1) is 17.7. The molecule has 23 heavy (non-hydrogen) atoms. The number of ether oxygens (including phenoxy) is 2. The second-order valence-corrected chi connectivity index (χ2v) is 6.02. The molecule has 1 aromatic rings. The largest absolute Gasteiger partial charge is 0.491 e. The van der Waals surface area contributed by atoms with Crippen LogP contribution >= 0.6 is 0 Å². The van der Waals surface area contributed by atoms with Gasteiger partial charge in [0.15, 0.2) is 0 Å². The Morgan fingerprint density at radius 3 is 2.43 bits per heavy atom. The quantitative estimate of drug-likeness (QED) is 0.710. The van der Waals surface area contributed by atoms with Gasteiger partial charge >= 0.3 is 0 Å². The Morgan fingerprint density at radius 1 is 1.13 bits per heavy atom. The summed E-state index contributed by atoms with van der Waals surface area (Å²) in [5.41, 5.74) is 2.88. The van der Waals surface area contributed by atoms with Crippen molar-refractivity contribution in [3.63, 3.8) is 0 Å². The van der Waals surface area contributed by atoms with Crippen LogP contribution in [0.5, 0.6) is 11.5 Å². The van der Waals surface area contributed by atoms with E-state index < -0.39 is 0 Å². The standard InChI is InChI=1S/C19H29NO3/c1-4-14-20-23-19-9-7-6-8-18(19)22-17-12-10-16(11-13-17)21-15(3)5-2/h4,10-15,18-20H,5-9H2,1-3H3. The zero-order valence-corrected chi connectivity index (χ0v) is 14.5. The number of nitrogens with one attached hydrogen (secondary N) is 1. The lowest BCUT2D eigenvalue weighted by Gasteiger charge is -2.31. The summed E-state index contributed by atoms with van der Waals surface area (Å²) >= 11 is 0. The molecule has 4 heteroatoms. The van der Waals surface area contributed by atoms with Crippen LogP contribution in [0.4, 0.5) is 0 Å². The van der Waals surface area contributed by atoms with Gasteiger partial charge < -0.3 is 9.47 Å².